The molecule has 0 saturated carbocycles. The highest BCUT2D eigenvalue weighted by molar-refractivity contribution is 5.98. The predicted molar refractivity (Wildman–Crippen MR) is 91.1 cm³/mol. The molecule has 0 unspecified atom stereocenters. The lowest BCUT2D eigenvalue weighted by molar-refractivity contribution is 0.0939. The Bertz CT molecular complexity index is 864. The molecule has 1 amide bonds. The van der Waals surface area contributed by atoms with Crippen molar-refractivity contribution in [3.05, 3.63) is 47.5 Å². The minimum absolute atomic E-state index is 0.152. The van der Waals surface area contributed by atoms with Gasteiger partial charge in [0.15, 0.2) is 5.76 Å². The average Bonchev–Trinajstić information content (AvgIpc) is 3.17. The zero-order valence-corrected chi connectivity index (χ0v) is 14.1. The van der Waals surface area contributed by atoms with Gasteiger partial charge in [0.1, 0.15) is 11.4 Å². The normalized spacial score (nSPS) is 11.0. The second kappa shape index (κ2) is 6.78. The van der Waals surface area contributed by atoms with Crippen LogP contribution in [0.2, 0.25) is 0 Å². The van der Waals surface area contributed by atoms with Gasteiger partial charge in [-0.05, 0) is 37.6 Å². The summed E-state index contributed by atoms with van der Waals surface area (Å²) in [6, 6.07) is 9.54. The van der Waals surface area contributed by atoms with E-state index in [1.807, 2.05) is 55.8 Å². The molecule has 0 atom stereocenters. The van der Waals surface area contributed by atoms with Crippen LogP contribution >= 0.6 is 0 Å². The Morgan fingerprint density at radius 2 is 2.12 bits per heavy atom. The molecular formula is C18H21N3O3. The zero-order chi connectivity index (χ0) is 17.1. The van der Waals surface area contributed by atoms with Crippen molar-refractivity contribution in [2.45, 2.75) is 26.8 Å². The van der Waals surface area contributed by atoms with E-state index >= 15 is 0 Å². The van der Waals surface area contributed by atoms with Crippen molar-refractivity contribution < 1.29 is 14.1 Å². The van der Waals surface area contributed by atoms with Gasteiger partial charge in [-0.2, -0.15) is 0 Å². The third-order valence-electron chi connectivity index (χ3n) is 3.95. The van der Waals surface area contributed by atoms with E-state index in [0.717, 1.165) is 28.8 Å². The summed E-state index contributed by atoms with van der Waals surface area (Å²) in [4.78, 5) is 12.5. The first-order chi connectivity index (χ1) is 11.6. The number of aromatic nitrogens is 2. The van der Waals surface area contributed by atoms with Crippen molar-refractivity contribution in [1.82, 2.24) is 15.0 Å². The summed E-state index contributed by atoms with van der Waals surface area (Å²) in [5.41, 5.74) is 2.46. The van der Waals surface area contributed by atoms with Gasteiger partial charge in [0.05, 0.1) is 18.8 Å². The van der Waals surface area contributed by atoms with Gasteiger partial charge in [-0.15, -0.1) is 0 Å². The number of nitrogens with one attached hydrogen (secondary N) is 1. The summed E-state index contributed by atoms with van der Waals surface area (Å²) >= 11 is 0. The Labute approximate surface area is 140 Å². The number of hydrogen-bond acceptors (Lipinski definition) is 4. The first kappa shape index (κ1) is 16.1. The van der Waals surface area contributed by atoms with E-state index in [9.17, 15) is 4.79 Å². The average molecular weight is 327 g/mol. The second-order valence-electron chi connectivity index (χ2n) is 5.56. The molecule has 1 aromatic carbocycles. The molecule has 0 radical (unpaired) electrons. The molecule has 2 aromatic heterocycles. The molecule has 0 bridgehead atoms. The highest BCUT2D eigenvalue weighted by atomic mass is 16.5. The maximum absolute atomic E-state index is 12.5. The van der Waals surface area contributed by atoms with Crippen LogP contribution in [0.3, 0.4) is 0 Å². The number of amides is 1. The van der Waals surface area contributed by atoms with Gasteiger partial charge in [-0.3, -0.25) is 4.79 Å². The molecule has 0 saturated heterocycles. The first-order valence-corrected chi connectivity index (χ1v) is 8.07. The molecule has 6 heteroatoms. The maximum Gasteiger partial charge on any atom is 0.268 e. The number of hydrogen-bond donors (Lipinski definition) is 1. The highest BCUT2D eigenvalue weighted by Gasteiger charge is 2.14. The van der Waals surface area contributed by atoms with Crippen molar-refractivity contribution in [3.63, 3.8) is 0 Å². The van der Waals surface area contributed by atoms with E-state index < -0.39 is 0 Å². The Balaban J connectivity index is 1.77. The molecular weight excluding hydrogens is 306 g/mol. The highest BCUT2D eigenvalue weighted by Crippen LogP contribution is 2.24. The smallest absolute Gasteiger partial charge is 0.268 e. The van der Waals surface area contributed by atoms with E-state index in [1.54, 1.807) is 0 Å². The van der Waals surface area contributed by atoms with Crippen molar-refractivity contribution in [3.8, 4) is 5.75 Å². The van der Waals surface area contributed by atoms with Crippen LogP contribution in [-0.4, -0.2) is 22.2 Å². The standard InChI is InChI=1S/C18H21N3O3/c1-4-13-10-15(24-20-13)11-19-18(22)17-9-12-8-14(23-5-2)6-7-16(12)21(17)3/h6-10H,4-5,11H2,1-3H3,(H,19,22). The van der Waals surface area contributed by atoms with Crippen LogP contribution in [-0.2, 0) is 20.0 Å². The summed E-state index contributed by atoms with van der Waals surface area (Å²) < 4.78 is 12.6. The Kier molecular flexibility index (Phi) is 4.55. The molecule has 126 valence electrons. The molecule has 24 heavy (non-hydrogen) atoms. The minimum Gasteiger partial charge on any atom is -0.494 e. The van der Waals surface area contributed by atoms with Gasteiger partial charge in [0.2, 0.25) is 0 Å². The van der Waals surface area contributed by atoms with E-state index in [1.165, 1.54) is 0 Å². The van der Waals surface area contributed by atoms with Crippen LogP contribution in [0.25, 0.3) is 10.9 Å². The van der Waals surface area contributed by atoms with Crippen LogP contribution in [0.15, 0.2) is 34.9 Å². The van der Waals surface area contributed by atoms with Gasteiger partial charge in [-0.1, -0.05) is 12.1 Å². The van der Waals surface area contributed by atoms with E-state index in [2.05, 4.69) is 10.5 Å². The number of nitrogens with zero attached hydrogens (tertiary/aromatic N) is 2. The van der Waals surface area contributed by atoms with Crippen LogP contribution in [0.5, 0.6) is 5.75 Å². The monoisotopic (exact) mass is 327 g/mol. The lowest BCUT2D eigenvalue weighted by Crippen LogP contribution is -2.24. The lowest BCUT2D eigenvalue weighted by Gasteiger charge is -2.05. The van der Waals surface area contributed by atoms with Crippen molar-refractivity contribution in [1.29, 1.82) is 0 Å². The number of carbonyl (C=O) groups excluding carboxylic acids is 1. The molecule has 0 aliphatic rings. The van der Waals surface area contributed by atoms with Crippen LogP contribution in [0.4, 0.5) is 0 Å². The van der Waals surface area contributed by atoms with Gasteiger partial charge in [-0.25, -0.2) is 0 Å². The Morgan fingerprint density at radius 3 is 2.83 bits per heavy atom. The summed E-state index contributed by atoms with van der Waals surface area (Å²) in [7, 11) is 1.88. The molecule has 3 rings (SSSR count). The third kappa shape index (κ3) is 3.13. The fraction of sp³-hybridized carbons (Fsp3) is 0.333. The number of benzene rings is 1. The van der Waals surface area contributed by atoms with Gasteiger partial charge in [0.25, 0.3) is 5.91 Å². The Morgan fingerprint density at radius 1 is 1.29 bits per heavy atom. The zero-order valence-electron chi connectivity index (χ0n) is 14.1. The summed E-state index contributed by atoms with van der Waals surface area (Å²) in [5.74, 6) is 1.30. The van der Waals surface area contributed by atoms with Gasteiger partial charge >= 0.3 is 0 Å². The maximum atomic E-state index is 12.5. The van der Waals surface area contributed by atoms with E-state index in [0.29, 0.717) is 24.6 Å². The molecule has 1 N–H and O–H groups in total. The quantitative estimate of drug-likeness (QED) is 0.755. The molecule has 3 aromatic rings. The third-order valence-corrected chi connectivity index (χ3v) is 3.95. The summed E-state index contributed by atoms with van der Waals surface area (Å²) in [6.45, 7) is 4.88. The second-order valence-corrected chi connectivity index (χ2v) is 5.56. The predicted octanol–water partition coefficient (Wildman–Crippen LogP) is 3.06. The number of carbonyl (C=O) groups is 1. The fourth-order valence-electron chi connectivity index (χ4n) is 2.67. The first-order valence-electron chi connectivity index (χ1n) is 8.07. The molecule has 0 aliphatic heterocycles. The van der Waals surface area contributed by atoms with Gasteiger partial charge < -0.3 is 19.1 Å². The molecule has 0 fully saturated rings. The lowest BCUT2D eigenvalue weighted by atomic mass is 10.2. The number of rotatable bonds is 6. The topological polar surface area (TPSA) is 69.3 Å². The fourth-order valence-corrected chi connectivity index (χ4v) is 2.67. The number of fused-ring (bicyclic) bond motifs is 1. The number of aryl methyl sites for hydroxylation is 2. The van der Waals surface area contributed by atoms with Crippen LogP contribution in [0, 0.1) is 0 Å². The molecule has 0 spiro atoms. The van der Waals surface area contributed by atoms with Crippen molar-refractivity contribution in [2.24, 2.45) is 7.05 Å². The minimum atomic E-state index is -0.152. The summed E-state index contributed by atoms with van der Waals surface area (Å²) in [6.07, 6.45) is 0.808. The largest absolute Gasteiger partial charge is 0.494 e. The SMILES string of the molecule is CCOc1ccc2c(c1)cc(C(=O)NCc1cc(CC)no1)n2C. The molecule has 6 nitrogen and oxygen atoms in total. The van der Waals surface area contributed by atoms with Crippen LogP contribution in [0.1, 0.15) is 35.8 Å². The van der Waals surface area contributed by atoms with E-state index in [4.69, 9.17) is 9.26 Å². The van der Waals surface area contributed by atoms with Crippen molar-refractivity contribution >= 4 is 16.8 Å². The Hall–Kier alpha value is -2.76. The van der Waals surface area contributed by atoms with Crippen LogP contribution < -0.4 is 10.1 Å². The van der Waals surface area contributed by atoms with Crippen molar-refractivity contribution in [2.75, 3.05) is 6.61 Å². The van der Waals surface area contributed by atoms with Gasteiger partial charge in [0, 0.05) is 24.0 Å². The molecule has 0 aliphatic carbocycles. The molecule has 2 heterocycles. The van der Waals surface area contributed by atoms with E-state index in [-0.39, 0.29) is 5.91 Å². The summed E-state index contributed by atoms with van der Waals surface area (Å²) in [5, 5.41) is 7.76. The number of ether oxygens (including phenoxy) is 1.